The van der Waals surface area contributed by atoms with Crippen LogP contribution in [-0.4, -0.2) is 41.5 Å². The predicted molar refractivity (Wildman–Crippen MR) is 73.5 cm³/mol. The molecule has 0 bridgehead atoms. The Morgan fingerprint density at radius 2 is 1.95 bits per heavy atom. The lowest BCUT2D eigenvalue weighted by Crippen LogP contribution is -2.59. The van der Waals surface area contributed by atoms with Crippen molar-refractivity contribution < 1.29 is 24.2 Å². The topological polar surface area (TPSA) is 84.9 Å². The molecule has 0 spiro atoms. The van der Waals surface area contributed by atoms with E-state index in [-0.39, 0.29) is 12.5 Å². The number of nitrogens with one attached hydrogen (secondary N) is 1. The third kappa shape index (κ3) is 4.10. The summed E-state index contributed by atoms with van der Waals surface area (Å²) < 4.78 is 10.6. The molecule has 116 valence electrons. The summed E-state index contributed by atoms with van der Waals surface area (Å²) in [4.78, 5) is 23.5. The molecule has 0 radical (unpaired) electrons. The van der Waals surface area contributed by atoms with E-state index in [9.17, 15) is 14.7 Å². The number of carboxylic acid groups (broad SMARTS) is 1. The van der Waals surface area contributed by atoms with Gasteiger partial charge in [-0.2, -0.15) is 0 Å². The minimum absolute atomic E-state index is 0.121. The fraction of sp³-hybridized carbons (Fsp3) is 0.857. The molecule has 0 aromatic rings. The minimum atomic E-state index is -0.929. The van der Waals surface area contributed by atoms with Crippen LogP contribution in [0.2, 0.25) is 0 Å². The van der Waals surface area contributed by atoms with Gasteiger partial charge in [0.25, 0.3) is 0 Å². The highest BCUT2D eigenvalue weighted by molar-refractivity contribution is 5.75. The van der Waals surface area contributed by atoms with Crippen LogP contribution in [0.5, 0.6) is 0 Å². The second kappa shape index (κ2) is 5.99. The lowest BCUT2D eigenvalue weighted by atomic mass is 9.76. The van der Waals surface area contributed by atoms with E-state index in [1.54, 1.807) is 20.8 Å². The quantitative estimate of drug-likeness (QED) is 0.826. The second-order valence-corrected chi connectivity index (χ2v) is 6.65. The number of ether oxygens (including phenoxy) is 2. The summed E-state index contributed by atoms with van der Waals surface area (Å²) in [6.45, 7) is 9.59. The maximum absolute atomic E-state index is 12.0. The largest absolute Gasteiger partial charge is 0.481 e. The van der Waals surface area contributed by atoms with Gasteiger partial charge in [-0.05, 0) is 33.1 Å². The minimum Gasteiger partial charge on any atom is -0.481 e. The van der Waals surface area contributed by atoms with Crippen molar-refractivity contribution in [3.63, 3.8) is 0 Å². The van der Waals surface area contributed by atoms with Crippen LogP contribution in [-0.2, 0) is 14.3 Å². The predicted octanol–water partition coefficient (Wildman–Crippen LogP) is 2.03. The van der Waals surface area contributed by atoms with Gasteiger partial charge >= 0.3 is 12.1 Å². The van der Waals surface area contributed by atoms with Gasteiger partial charge in [0.1, 0.15) is 5.60 Å². The van der Waals surface area contributed by atoms with Crippen LogP contribution in [0.15, 0.2) is 0 Å². The molecule has 20 heavy (non-hydrogen) atoms. The zero-order chi connectivity index (χ0) is 15.6. The molecule has 1 saturated heterocycles. The van der Waals surface area contributed by atoms with E-state index in [1.807, 2.05) is 13.8 Å². The Kier molecular flexibility index (Phi) is 5.02. The lowest BCUT2D eigenvalue weighted by Gasteiger charge is -2.37. The molecule has 2 unspecified atom stereocenters. The van der Waals surface area contributed by atoms with Crippen LogP contribution in [0.4, 0.5) is 4.79 Å². The Balaban J connectivity index is 2.92. The number of hydrogen-bond donors (Lipinski definition) is 2. The van der Waals surface area contributed by atoms with Crippen molar-refractivity contribution in [2.75, 3.05) is 13.2 Å². The van der Waals surface area contributed by atoms with E-state index in [2.05, 4.69) is 5.32 Å². The van der Waals surface area contributed by atoms with Gasteiger partial charge in [0.15, 0.2) is 0 Å². The van der Waals surface area contributed by atoms with E-state index in [1.165, 1.54) is 0 Å². The number of carbonyl (C=O) groups excluding carboxylic acids is 1. The van der Waals surface area contributed by atoms with Crippen LogP contribution in [0, 0.1) is 11.8 Å². The summed E-state index contributed by atoms with van der Waals surface area (Å²) in [5.41, 5.74) is -1.52. The molecular formula is C14H25NO5. The molecule has 1 aliphatic heterocycles. The molecule has 6 heteroatoms. The maximum Gasteiger partial charge on any atom is 0.408 e. The first kappa shape index (κ1) is 16.8. The average Bonchev–Trinajstić information content (AvgIpc) is 2.61. The number of carboxylic acids is 1. The number of amides is 1. The van der Waals surface area contributed by atoms with Crippen molar-refractivity contribution in [3.8, 4) is 0 Å². The molecule has 1 heterocycles. The third-order valence-electron chi connectivity index (χ3n) is 3.33. The standard InChI is InChI=1S/C14H25NO5/c1-9(2)10(11(16)17)14(6-7-19-8-14)15-12(18)20-13(3,4)5/h9-10H,6-8H2,1-5H3,(H,15,18)(H,16,17). The Labute approximate surface area is 119 Å². The number of rotatable bonds is 4. The monoisotopic (exact) mass is 287 g/mol. The molecule has 1 aliphatic rings. The molecule has 6 nitrogen and oxygen atoms in total. The van der Waals surface area contributed by atoms with Gasteiger partial charge in [0.2, 0.25) is 0 Å². The molecule has 2 N–H and O–H groups in total. The first-order chi connectivity index (χ1) is 9.07. The smallest absolute Gasteiger partial charge is 0.408 e. The van der Waals surface area contributed by atoms with E-state index in [0.29, 0.717) is 13.0 Å². The van der Waals surface area contributed by atoms with Crippen LogP contribution in [0.1, 0.15) is 41.0 Å². The van der Waals surface area contributed by atoms with Crippen molar-refractivity contribution in [1.82, 2.24) is 5.32 Å². The Morgan fingerprint density at radius 1 is 1.35 bits per heavy atom. The van der Waals surface area contributed by atoms with E-state index < -0.39 is 29.1 Å². The van der Waals surface area contributed by atoms with Gasteiger partial charge in [-0.15, -0.1) is 0 Å². The van der Waals surface area contributed by atoms with Gasteiger partial charge in [-0.3, -0.25) is 4.79 Å². The summed E-state index contributed by atoms with van der Waals surface area (Å²) in [6.07, 6.45) is -0.128. The Morgan fingerprint density at radius 3 is 2.30 bits per heavy atom. The Bertz CT molecular complexity index is 366. The highest BCUT2D eigenvalue weighted by Gasteiger charge is 2.49. The van der Waals surface area contributed by atoms with E-state index in [4.69, 9.17) is 9.47 Å². The third-order valence-corrected chi connectivity index (χ3v) is 3.33. The molecule has 0 saturated carbocycles. The van der Waals surface area contributed by atoms with Crippen LogP contribution in [0.25, 0.3) is 0 Å². The molecule has 0 aromatic carbocycles. The highest BCUT2D eigenvalue weighted by Crippen LogP contribution is 2.33. The van der Waals surface area contributed by atoms with Gasteiger partial charge in [0, 0.05) is 6.61 Å². The van der Waals surface area contributed by atoms with Gasteiger partial charge < -0.3 is 19.9 Å². The molecule has 2 atom stereocenters. The fourth-order valence-corrected chi connectivity index (χ4v) is 2.67. The van der Waals surface area contributed by atoms with Crippen molar-refractivity contribution in [3.05, 3.63) is 0 Å². The van der Waals surface area contributed by atoms with Crippen molar-refractivity contribution >= 4 is 12.1 Å². The summed E-state index contributed by atoms with van der Waals surface area (Å²) in [5.74, 6) is -1.76. The second-order valence-electron chi connectivity index (χ2n) is 6.65. The SMILES string of the molecule is CC(C)C(C(=O)O)C1(NC(=O)OC(C)(C)C)CCOC1. The molecule has 1 amide bonds. The lowest BCUT2D eigenvalue weighted by molar-refractivity contribution is -0.147. The normalized spacial score (nSPS) is 24.5. The maximum atomic E-state index is 12.0. The van der Waals surface area contributed by atoms with Crippen molar-refractivity contribution in [2.24, 2.45) is 11.8 Å². The van der Waals surface area contributed by atoms with Gasteiger partial charge in [0.05, 0.1) is 18.1 Å². The first-order valence-corrected chi connectivity index (χ1v) is 6.89. The zero-order valence-electron chi connectivity index (χ0n) is 12.9. The van der Waals surface area contributed by atoms with E-state index >= 15 is 0 Å². The summed E-state index contributed by atoms with van der Waals surface area (Å²) in [7, 11) is 0. The van der Waals surface area contributed by atoms with Crippen molar-refractivity contribution in [2.45, 2.75) is 52.2 Å². The van der Waals surface area contributed by atoms with Gasteiger partial charge in [-0.1, -0.05) is 13.8 Å². The van der Waals surface area contributed by atoms with Gasteiger partial charge in [-0.25, -0.2) is 4.79 Å². The zero-order valence-corrected chi connectivity index (χ0v) is 12.9. The molecular weight excluding hydrogens is 262 g/mol. The number of alkyl carbamates (subject to hydrolysis) is 1. The summed E-state index contributed by atoms with van der Waals surface area (Å²) in [6, 6.07) is 0. The van der Waals surface area contributed by atoms with E-state index in [0.717, 1.165) is 0 Å². The molecule has 1 rings (SSSR count). The van der Waals surface area contributed by atoms with Crippen LogP contribution < -0.4 is 5.32 Å². The Hall–Kier alpha value is -1.30. The van der Waals surface area contributed by atoms with Crippen LogP contribution in [0.3, 0.4) is 0 Å². The summed E-state index contributed by atoms with van der Waals surface area (Å²) >= 11 is 0. The fourth-order valence-electron chi connectivity index (χ4n) is 2.67. The molecule has 0 aliphatic carbocycles. The summed E-state index contributed by atoms with van der Waals surface area (Å²) in [5, 5.41) is 12.2. The molecule has 0 aromatic heterocycles. The highest BCUT2D eigenvalue weighted by atomic mass is 16.6. The molecule has 1 fully saturated rings. The van der Waals surface area contributed by atoms with Crippen molar-refractivity contribution in [1.29, 1.82) is 0 Å². The number of hydrogen-bond acceptors (Lipinski definition) is 4. The number of carbonyl (C=O) groups is 2. The average molecular weight is 287 g/mol. The van der Waals surface area contributed by atoms with Crippen LogP contribution >= 0.6 is 0 Å². The number of aliphatic carboxylic acids is 1. The first-order valence-electron chi connectivity index (χ1n) is 6.89.